The van der Waals surface area contributed by atoms with Crippen molar-refractivity contribution in [3.63, 3.8) is 0 Å². The molecule has 2 heterocycles. The summed E-state index contributed by atoms with van der Waals surface area (Å²) >= 11 is 0. The molecule has 1 saturated heterocycles. The van der Waals surface area contributed by atoms with Crippen LogP contribution < -0.4 is 11.2 Å². The van der Waals surface area contributed by atoms with Gasteiger partial charge in [-0.15, -0.1) is 9.42 Å². The SMILES string of the molecule is CC(C)(C)[Si](C)(C)O[C@@H]1[C@H](O[Si](C)(C)C(C)(C)C)[C@@H](CO[P+](=O)O)O[C@H]1n1ccc(=O)[nH]c1=O. The molecule has 10 nitrogen and oxygen atoms in total. The van der Waals surface area contributed by atoms with Gasteiger partial charge in [0.15, 0.2) is 22.9 Å². The van der Waals surface area contributed by atoms with Gasteiger partial charge in [-0.25, -0.2) is 4.79 Å². The minimum absolute atomic E-state index is 0.130. The van der Waals surface area contributed by atoms with E-state index in [4.69, 9.17) is 18.1 Å². The van der Waals surface area contributed by atoms with E-state index < -0.39 is 60.7 Å². The molecule has 2 N–H and O–H groups in total. The van der Waals surface area contributed by atoms with Crippen molar-refractivity contribution in [2.75, 3.05) is 6.61 Å². The second kappa shape index (κ2) is 10.2. The first-order chi connectivity index (χ1) is 15.3. The predicted molar refractivity (Wildman–Crippen MR) is 135 cm³/mol. The van der Waals surface area contributed by atoms with E-state index in [-0.39, 0.29) is 16.7 Å². The number of hydrogen-bond acceptors (Lipinski definition) is 7. The van der Waals surface area contributed by atoms with Crippen LogP contribution >= 0.6 is 8.25 Å². The molecule has 194 valence electrons. The lowest BCUT2D eigenvalue weighted by atomic mass is 10.1. The fourth-order valence-corrected chi connectivity index (χ4v) is 6.01. The summed E-state index contributed by atoms with van der Waals surface area (Å²) in [5.41, 5.74) is -1.16. The number of nitrogens with one attached hydrogen (secondary N) is 1. The Kier molecular flexibility index (Phi) is 8.75. The van der Waals surface area contributed by atoms with Gasteiger partial charge in [0.05, 0.1) is 0 Å². The van der Waals surface area contributed by atoms with Crippen molar-refractivity contribution in [1.29, 1.82) is 0 Å². The van der Waals surface area contributed by atoms with Crippen LogP contribution in [-0.2, 0) is 22.7 Å². The van der Waals surface area contributed by atoms with Crippen molar-refractivity contribution in [1.82, 2.24) is 9.55 Å². The van der Waals surface area contributed by atoms with Crippen LogP contribution in [-0.4, -0.2) is 56.0 Å². The number of aromatic nitrogens is 2. The quantitative estimate of drug-likeness (QED) is 0.379. The molecule has 2 rings (SSSR count). The number of nitrogens with zero attached hydrogens (tertiary/aromatic N) is 1. The van der Waals surface area contributed by atoms with Crippen LogP contribution in [0.2, 0.25) is 36.3 Å². The monoisotopic (exact) mass is 535 g/mol. The highest BCUT2D eigenvalue weighted by Crippen LogP contribution is 2.45. The molecule has 1 aliphatic heterocycles. The Bertz CT molecular complexity index is 996. The molecular formula is C21H40N2O8PSi2+. The summed E-state index contributed by atoms with van der Waals surface area (Å²) in [6, 6.07) is 1.24. The minimum Gasteiger partial charge on any atom is -0.408 e. The van der Waals surface area contributed by atoms with Crippen molar-refractivity contribution >= 4 is 24.9 Å². The fourth-order valence-electron chi connectivity index (χ4n) is 3.13. The molecule has 0 spiro atoms. The zero-order valence-corrected chi connectivity index (χ0v) is 24.8. The maximum atomic E-state index is 12.7. The van der Waals surface area contributed by atoms with Crippen LogP contribution in [0.4, 0.5) is 0 Å². The van der Waals surface area contributed by atoms with E-state index in [0.717, 1.165) is 0 Å². The molecule has 1 unspecified atom stereocenters. The summed E-state index contributed by atoms with van der Waals surface area (Å²) in [6.07, 6.45) is -1.68. The van der Waals surface area contributed by atoms with E-state index in [2.05, 4.69) is 72.7 Å². The van der Waals surface area contributed by atoms with E-state index in [1.165, 1.54) is 16.8 Å². The van der Waals surface area contributed by atoms with Gasteiger partial charge in [-0.3, -0.25) is 14.3 Å². The molecule has 0 saturated carbocycles. The number of H-pyrrole nitrogens is 1. The Morgan fingerprint density at radius 1 is 1.03 bits per heavy atom. The summed E-state index contributed by atoms with van der Waals surface area (Å²) in [6.45, 7) is 20.8. The maximum absolute atomic E-state index is 12.7. The minimum atomic E-state index is -2.85. The van der Waals surface area contributed by atoms with Crippen molar-refractivity contribution in [3.05, 3.63) is 33.1 Å². The predicted octanol–water partition coefficient (Wildman–Crippen LogP) is 3.88. The zero-order valence-electron chi connectivity index (χ0n) is 21.9. The molecular weight excluding hydrogens is 495 g/mol. The first-order valence-electron chi connectivity index (χ1n) is 11.4. The normalized spacial score (nSPS) is 25.0. The van der Waals surface area contributed by atoms with Gasteiger partial charge in [0.25, 0.3) is 5.56 Å². The number of rotatable bonds is 8. The molecule has 1 aromatic heterocycles. The molecule has 0 amide bonds. The first-order valence-corrected chi connectivity index (χ1v) is 18.3. The second-order valence-electron chi connectivity index (χ2n) is 11.8. The van der Waals surface area contributed by atoms with Gasteiger partial charge in [0.1, 0.15) is 24.9 Å². The molecule has 0 bridgehead atoms. The van der Waals surface area contributed by atoms with Gasteiger partial charge in [-0.2, -0.15) is 0 Å². The van der Waals surface area contributed by atoms with Gasteiger partial charge < -0.3 is 13.6 Å². The summed E-state index contributed by atoms with van der Waals surface area (Å²) in [5.74, 6) is 0. The smallest absolute Gasteiger partial charge is 0.408 e. The highest BCUT2D eigenvalue weighted by molar-refractivity contribution is 7.32. The largest absolute Gasteiger partial charge is 0.694 e. The van der Waals surface area contributed by atoms with E-state index in [0.29, 0.717) is 0 Å². The van der Waals surface area contributed by atoms with Crippen LogP contribution in [0.15, 0.2) is 21.9 Å². The summed E-state index contributed by atoms with van der Waals surface area (Å²) in [5, 5.41) is -0.271. The molecule has 5 atom stereocenters. The van der Waals surface area contributed by atoms with E-state index in [1.54, 1.807) is 0 Å². The third-order valence-electron chi connectivity index (χ3n) is 7.23. The lowest BCUT2D eigenvalue weighted by molar-refractivity contribution is -0.0495. The molecule has 0 aliphatic carbocycles. The van der Waals surface area contributed by atoms with E-state index >= 15 is 0 Å². The summed E-state index contributed by atoms with van der Waals surface area (Å²) in [4.78, 5) is 35.9. The van der Waals surface area contributed by atoms with Crippen LogP contribution in [0, 0.1) is 0 Å². The Morgan fingerprint density at radius 3 is 1.97 bits per heavy atom. The highest BCUT2D eigenvalue weighted by Gasteiger charge is 2.55. The van der Waals surface area contributed by atoms with Crippen molar-refractivity contribution in [2.24, 2.45) is 0 Å². The van der Waals surface area contributed by atoms with Gasteiger partial charge in [-0.05, 0) is 36.3 Å². The summed E-state index contributed by atoms with van der Waals surface area (Å²) in [7, 11) is -7.61. The lowest BCUT2D eigenvalue weighted by Crippen LogP contribution is -2.54. The lowest BCUT2D eigenvalue weighted by Gasteiger charge is -2.44. The van der Waals surface area contributed by atoms with Crippen molar-refractivity contribution < 1.29 is 27.6 Å². The van der Waals surface area contributed by atoms with Gasteiger partial charge in [-0.1, -0.05) is 41.5 Å². The zero-order chi connectivity index (χ0) is 26.3. The standard InChI is InChI=1S/C21H39N2O8PSi2/c1-20(2,3)33(7,8)30-16-14(13-28-32(26)27)29-18(23-12-11-15(24)22-19(23)25)17(16)31-34(9,10)21(4,5)6/h11-12,14,16-18H,13H2,1-10H3,(H-,22,24,25,26,27)/p+1/t14-,16-,17-,18-/m1/s1. The van der Waals surface area contributed by atoms with Gasteiger partial charge in [0, 0.05) is 16.8 Å². The fraction of sp³-hybridized carbons (Fsp3) is 0.810. The van der Waals surface area contributed by atoms with E-state index in [1.807, 2.05) is 0 Å². The molecule has 1 aliphatic rings. The Morgan fingerprint density at radius 2 is 1.53 bits per heavy atom. The Balaban J connectivity index is 2.62. The maximum Gasteiger partial charge on any atom is 0.694 e. The van der Waals surface area contributed by atoms with Gasteiger partial charge >= 0.3 is 13.9 Å². The Hall–Kier alpha value is -0.986. The number of aromatic amines is 1. The molecule has 1 aromatic rings. The number of hydrogen-bond donors (Lipinski definition) is 2. The van der Waals surface area contributed by atoms with Crippen LogP contribution in [0.3, 0.4) is 0 Å². The second-order valence-corrected chi connectivity index (χ2v) is 22.0. The topological polar surface area (TPSA) is 129 Å². The van der Waals surface area contributed by atoms with Crippen LogP contribution in [0.5, 0.6) is 0 Å². The van der Waals surface area contributed by atoms with Crippen molar-refractivity contribution in [3.8, 4) is 0 Å². The average molecular weight is 536 g/mol. The third kappa shape index (κ3) is 6.61. The van der Waals surface area contributed by atoms with Crippen LogP contribution in [0.25, 0.3) is 0 Å². The number of ether oxygens (including phenoxy) is 1. The molecule has 0 radical (unpaired) electrons. The molecule has 1 fully saturated rings. The highest BCUT2D eigenvalue weighted by atomic mass is 31.1. The summed E-state index contributed by atoms with van der Waals surface area (Å²) < 4.78 is 37.4. The van der Waals surface area contributed by atoms with Crippen molar-refractivity contribution in [2.45, 2.75) is 102 Å². The van der Waals surface area contributed by atoms with Crippen LogP contribution in [0.1, 0.15) is 47.8 Å². The van der Waals surface area contributed by atoms with Gasteiger partial charge in [0.2, 0.25) is 0 Å². The van der Waals surface area contributed by atoms with E-state index in [9.17, 15) is 19.0 Å². The molecule has 0 aromatic carbocycles. The molecule has 13 heteroatoms. The average Bonchev–Trinajstić information content (AvgIpc) is 2.94. The first kappa shape index (κ1) is 29.2. The molecule has 34 heavy (non-hydrogen) atoms. The Labute approximate surface area is 204 Å². The third-order valence-corrected chi connectivity index (χ3v) is 16.6.